The molecule has 0 radical (unpaired) electrons. The molecule has 0 amide bonds. The van der Waals surface area contributed by atoms with Crippen molar-refractivity contribution in [3.63, 3.8) is 0 Å². The molecule has 0 fully saturated rings. The minimum Gasteiger partial charge on any atom is -0.312 e. The Balaban J connectivity index is 2.15. The summed E-state index contributed by atoms with van der Waals surface area (Å²) in [5, 5.41) is 5.53. The van der Waals surface area contributed by atoms with E-state index in [0.717, 1.165) is 10.8 Å². The Morgan fingerprint density at radius 2 is 2.19 bits per heavy atom. The van der Waals surface area contributed by atoms with E-state index in [1.54, 1.807) is 11.3 Å². The fourth-order valence-corrected chi connectivity index (χ4v) is 3.90. The van der Waals surface area contributed by atoms with Gasteiger partial charge in [-0.25, -0.2) is 0 Å². The van der Waals surface area contributed by atoms with E-state index in [0.29, 0.717) is 6.04 Å². The minimum absolute atomic E-state index is 0.398. The largest absolute Gasteiger partial charge is 0.312 e. The number of hydrogen-bond donors (Lipinski definition) is 1. The number of likely N-dealkylation sites (N-methyl/N-ethyl adjacent to an activating group) is 1. The summed E-state index contributed by atoms with van der Waals surface area (Å²) in [5.74, 6) is 0. The average Bonchev–Trinajstić information content (AvgIpc) is 2.84. The minimum atomic E-state index is 0.398. The molecule has 2 aromatic heterocycles. The van der Waals surface area contributed by atoms with Gasteiger partial charge in [0.25, 0.3) is 0 Å². The van der Waals surface area contributed by atoms with Crippen LogP contribution in [0, 0.1) is 6.92 Å². The Bertz CT molecular complexity index is 461. The second-order valence-corrected chi connectivity index (χ2v) is 6.47. The fraction of sp³-hybridized carbons (Fsp3) is 0.333. The Labute approximate surface area is 109 Å². The molecule has 1 nitrogen and oxygen atoms in total. The van der Waals surface area contributed by atoms with Crippen LogP contribution in [0.3, 0.4) is 0 Å². The number of halogens is 1. The van der Waals surface area contributed by atoms with E-state index in [4.69, 9.17) is 11.6 Å². The molecule has 0 spiro atoms. The molecular weight excluding hydrogens is 258 g/mol. The summed E-state index contributed by atoms with van der Waals surface area (Å²) < 4.78 is 0.868. The first-order chi connectivity index (χ1) is 7.70. The lowest BCUT2D eigenvalue weighted by Crippen LogP contribution is -2.17. The van der Waals surface area contributed by atoms with Crippen molar-refractivity contribution in [1.29, 1.82) is 0 Å². The molecule has 0 aromatic carbocycles. The Hall–Kier alpha value is -0.350. The van der Waals surface area contributed by atoms with Crippen molar-refractivity contribution >= 4 is 34.3 Å². The van der Waals surface area contributed by atoms with Gasteiger partial charge in [-0.05, 0) is 43.1 Å². The maximum absolute atomic E-state index is 5.94. The molecule has 0 saturated heterocycles. The molecule has 0 aliphatic rings. The molecule has 86 valence electrons. The van der Waals surface area contributed by atoms with E-state index in [1.807, 2.05) is 24.5 Å². The van der Waals surface area contributed by atoms with Gasteiger partial charge in [0.05, 0.1) is 4.34 Å². The highest BCUT2D eigenvalue weighted by Gasteiger charge is 2.14. The molecule has 0 bridgehead atoms. The highest BCUT2D eigenvalue weighted by atomic mass is 35.5. The van der Waals surface area contributed by atoms with Crippen LogP contribution in [0.4, 0.5) is 0 Å². The van der Waals surface area contributed by atoms with Crippen LogP contribution < -0.4 is 5.32 Å². The first-order valence-electron chi connectivity index (χ1n) is 5.16. The molecule has 1 unspecified atom stereocenters. The van der Waals surface area contributed by atoms with Gasteiger partial charge in [-0.1, -0.05) is 11.6 Å². The van der Waals surface area contributed by atoms with Crippen molar-refractivity contribution in [2.45, 2.75) is 19.4 Å². The molecule has 2 rings (SSSR count). The summed E-state index contributed by atoms with van der Waals surface area (Å²) in [6.07, 6.45) is 1.01. The number of thiophene rings is 2. The lowest BCUT2D eigenvalue weighted by atomic mass is 10.1. The summed E-state index contributed by atoms with van der Waals surface area (Å²) in [6.45, 7) is 2.16. The van der Waals surface area contributed by atoms with Crippen LogP contribution in [-0.2, 0) is 6.42 Å². The second kappa shape index (κ2) is 5.32. The van der Waals surface area contributed by atoms with Gasteiger partial charge < -0.3 is 5.32 Å². The summed E-state index contributed by atoms with van der Waals surface area (Å²) in [7, 11) is 2.01. The number of nitrogens with one attached hydrogen (secondary N) is 1. The quantitative estimate of drug-likeness (QED) is 0.875. The predicted octanol–water partition coefficient (Wildman–Crippen LogP) is 4.27. The Morgan fingerprint density at radius 3 is 2.69 bits per heavy atom. The van der Waals surface area contributed by atoms with Gasteiger partial charge in [-0.3, -0.25) is 0 Å². The SMILES string of the molecule is CNC(Cc1ccc(Cl)s1)c1sccc1C. The topological polar surface area (TPSA) is 12.0 Å². The first kappa shape index (κ1) is 12.1. The van der Waals surface area contributed by atoms with Crippen molar-refractivity contribution in [2.75, 3.05) is 7.05 Å². The highest BCUT2D eigenvalue weighted by molar-refractivity contribution is 7.16. The van der Waals surface area contributed by atoms with Gasteiger partial charge in [0.2, 0.25) is 0 Å². The lowest BCUT2D eigenvalue weighted by Gasteiger charge is -2.14. The third kappa shape index (κ3) is 2.66. The van der Waals surface area contributed by atoms with Crippen molar-refractivity contribution in [2.24, 2.45) is 0 Å². The first-order valence-corrected chi connectivity index (χ1v) is 7.23. The lowest BCUT2D eigenvalue weighted by molar-refractivity contribution is 0.604. The van der Waals surface area contributed by atoms with E-state index in [1.165, 1.54) is 15.3 Å². The molecule has 1 atom stereocenters. The van der Waals surface area contributed by atoms with Gasteiger partial charge >= 0.3 is 0 Å². The molecule has 2 heterocycles. The normalized spacial score (nSPS) is 12.9. The van der Waals surface area contributed by atoms with Gasteiger partial charge in [-0.15, -0.1) is 22.7 Å². The van der Waals surface area contributed by atoms with Crippen LogP contribution in [-0.4, -0.2) is 7.05 Å². The smallest absolute Gasteiger partial charge is 0.0931 e. The monoisotopic (exact) mass is 271 g/mol. The third-order valence-electron chi connectivity index (χ3n) is 2.60. The predicted molar refractivity (Wildman–Crippen MR) is 73.9 cm³/mol. The van der Waals surface area contributed by atoms with Gasteiger partial charge in [0.15, 0.2) is 0 Å². The third-order valence-corrected chi connectivity index (χ3v) is 4.99. The highest BCUT2D eigenvalue weighted by Crippen LogP contribution is 2.30. The summed E-state index contributed by atoms with van der Waals surface area (Å²) in [6, 6.07) is 6.65. The average molecular weight is 272 g/mol. The van der Waals surface area contributed by atoms with Crippen LogP contribution in [0.25, 0.3) is 0 Å². The van der Waals surface area contributed by atoms with Crippen molar-refractivity contribution in [3.05, 3.63) is 43.2 Å². The number of hydrogen-bond acceptors (Lipinski definition) is 3. The zero-order valence-corrected chi connectivity index (χ0v) is 11.7. The van der Waals surface area contributed by atoms with Gasteiger partial charge in [-0.2, -0.15) is 0 Å². The molecule has 2 aromatic rings. The molecule has 0 aliphatic heterocycles. The molecule has 16 heavy (non-hydrogen) atoms. The molecule has 1 N–H and O–H groups in total. The van der Waals surface area contributed by atoms with Crippen molar-refractivity contribution in [1.82, 2.24) is 5.32 Å². The Kier molecular flexibility index (Phi) is 4.03. The van der Waals surface area contributed by atoms with Crippen LogP contribution in [0.15, 0.2) is 23.6 Å². The summed E-state index contributed by atoms with van der Waals surface area (Å²) in [4.78, 5) is 2.75. The summed E-state index contributed by atoms with van der Waals surface area (Å²) in [5.41, 5.74) is 1.37. The van der Waals surface area contributed by atoms with Gasteiger partial charge in [0, 0.05) is 22.2 Å². The van der Waals surface area contributed by atoms with Crippen LogP contribution >= 0.6 is 34.3 Å². The van der Waals surface area contributed by atoms with Crippen LogP contribution in [0.1, 0.15) is 21.4 Å². The van der Waals surface area contributed by atoms with Gasteiger partial charge in [0.1, 0.15) is 0 Å². The van der Waals surface area contributed by atoms with E-state index in [-0.39, 0.29) is 0 Å². The zero-order chi connectivity index (χ0) is 11.5. The van der Waals surface area contributed by atoms with Crippen molar-refractivity contribution in [3.8, 4) is 0 Å². The van der Waals surface area contributed by atoms with Crippen LogP contribution in [0.5, 0.6) is 0 Å². The molecular formula is C12H14ClNS2. The van der Waals surface area contributed by atoms with E-state index in [2.05, 4.69) is 29.8 Å². The maximum Gasteiger partial charge on any atom is 0.0931 e. The van der Waals surface area contributed by atoms with E-state index >= 15 is 0 Å². The molecule has 4 heteroatoms. The number of rotatable bonds is 4. The Morgan fingerprint density at radius 1 is 1.38 bits per heavy atom. The molecule has 0 saturated carbocycles. The second-order valence-electron chi connectivity index (χ2n) is 3.72. The van der Waals surface area contributed by atoms with Crippen LogP contribution in [0.2, 0.25) is 4.34 Å². The summed E-state index contributed by atoms with van der Waals surface area (Å²) >= 11 is 9.43. The standard InChI is InChI=1S/C12H14ClNS2/c1-8-5-6-15-12(8)10(14-2)7-9-3-4-11(13)16-9/h3-6,10,14H,7H2,1-2H3. The molecule has 0 aliphatic carbocycles. The van der Waals surface area contributed by atoms with Crippen molar-refractivity contribution < 1.29 is 0 Å². The number of aryl methyl sites for hydroxylation is 1. The maximum atomic E-state index is 5.94. The zero-order valence-electron chi connectivity index (χ0n) is 9.29. The fourth-order valence-electron chi connectivity index (χ4n) is 1.73. The van der Waals surface area contributed by atoms with E-state index < -0.39 is 0 Å². The van der Waals surface area contributed by atoms with E-state index in [9.17, 15) is 0 Å².